The number of allylic oxidation sites excluding steroid dienone is 2. The number of benzene rings is 2. The van der Waals surface area contributed by atoms with Crippen molar-refractivity contribution in [2.24, 2.45) is 0 Å². The summed E-state index contributed by atoms with van der Waals surface area (Å²) in [5.41, 5.74) is 8.49. The summed E-state index contributed by atoms with van der Waals surface area (Å²) in [6.07, 6.45) is 4.69. The molecule has 0 spiro atoms. The molecule has 2 aromatic rings. The molecule has 95 valence electrons. The van der Waals surface area contributed by atoms with Crippen LogP contribution in [-0.4, -0.2) is 0 Å². The van der Waals surface area contributed by atoms with E-state index >= 15 is 0 Å². The van der Waals surface area contributed by atoms with E-state index in [4.69, 9.17) is 0 Å². The second-order valence-corrected chi connectivity index (χ2v) is 5.19. The Morgan fingerprint density at radius 3 is 2.42 bits per heavy atom. The average Bonchev–Trinajstić information content (AvgIpc) is 2.81. The van der Waals surface area contributed by atoms with Crippen LogP contribution >= 0.6 is 0 Å². The highest BCUT2D eigenvalue weighted by Crippen LogP contribution is 2.43. The molecule has 0 aromatic heterocycles. The molecule has 0 nitrogen and oxygen atoms in total. The Morgan fingerprint density at radius 1 is 0.895 bits per heavy atom. The molecule has 1 radical (unpaired) electrons. The Bertz CT molecular complexity index is 618. The van der Waals surface area contributed by atoms with Gasteiger partial charge >= 0.3 is 0 Å². The van der Waals surface area contributed by atoms with Crippen molar-refractivity contribution < 1.29 is 0 Å². The summed E-state index contributed by atoms with van der Waals surface area (Å²) in [6.45, 7) is 4.47. The zero-order chi connectivity index (χ0) is 13.2. The van der Waals surface area contributed by atoms with Crippen molar-refractivity contribution in [2.45, 2.75) is 26.7 Å². The molecular formula is C19H19. The van der Waals surface area contributed by atoms with Gasteiger partial charge in [0.2, 0.25) is 0 Å². The van der Waals surface area contributed by atoms with Gasteiger partial charge in [-0.25, -0.2) is 0 Å². The van der Waals surface area contributed by atoms with Crippen molar-refractivity contribution in [3.63, 3.8) is 0 Å². The molecular weight excluding hydrogens is 228 g/mol. The van der Waals surface area contributed by atoms with E-state index in [0.29, 0.717) is 0 Å². The zero-order valence-electron chi connectivity index (χ0n) is 11.6. The van der Waals surface area contributed by atoms with Gasteiger partial charge in [0.25, 0.3) is 0 Å². The molecule has 2 aromatic carbocycles. The Kier molecular flexibility index (Phi) is 3.25. The fraction of sp³-hybridized carbons (Fsp3) is 0.211. The largest absolute Gasteiger partial charge is 0.0651 e. The second kappa shape index (κ2) is 5.05. The summed E-state index contributed by atoms with van der Waals surface area (Å²) in [5.74, 6) is 0. The normalized spacial score (nSPS) is 13.8. The lowest BCUT2D eigenvalue weighted by atomic mass is 9.95. The highest BCUT2D eigenvalue weighted by Gasteiger charge is 2.23. The topological polar surface area (TPSA) is 0 Å². The van der Waals surface area contributed by atoms with Crippen LogP contribution in [0, 0.1) is 13.3 Å². The average molecular weight is 247 g/mol. The first-order valence-corrected chi connectivity index (χ1v) is 7.04. The first-order chi connectivity index (χ1) is 9.31. The SMILES string of the molecule is CCCC1=C(c2ccccc2)[CH]c2cccc(C)c21. The summed E-state index contributed by atoms with van der Waals surface area (Å²) < 4.78 is 0. The third-order valence-corrected chi connectivity index (χ3v) is 3.82. The van der Waals surface area contributed by atoms with Crippen molar-refractivity contribution in [1.82, 2.24) is 0 Å². The van der Waals surface area contributed by atoms with Crippen molar-refractivity contribution >= 4 is 11.1 Å². The van der Waals surface area contributed by atoms with Gasteiger partial charge in [0.15, 0.2) is 0 Å². The molecule has 0 aliphatic heterocycles. The number of aryl methyl sites for hydroxylation is 1. The summed E-state index contributed by atoms with van der Waals surface area (Å²) in [7, 11) is 0. The van der Waals surface area contributed by atoms with Crippen molar-refractivity contribution in [1.29, 1.82) is 0 Å². The van der Waals surface area contributed by atoms with Crippen molar-refractivity contribution in [2.75, 3.05) is 0 Å². The molecule has 3 rings (SSSR count). The van der Waals surface area contributed by atoms with Crippen LogP contribution in [0.25, 0.3) is 11.1 Å². The van der Waals surface area contributed by atoms with Gasteiger partial charge in [-0.2, -0.15) is 0 Å². The van der Waals surface area contributed by atoms with Crippen molar-refractivity contribution in [3.05, 3.63) is 77.2 Å². The van der Waals surface area contributed by atoms with Crippen LogP contribution < -0.4 is 0 Å². The van der Waals surface area contributed by atoms with E-state index < -0.39 is 0 Å². The first-order valence-electron chi connectivity index (χ1n) is 7.04. The van der Waals surface area contributed by atoms with E-state index in [-0.39, 0.29) is 0 Å². The van der Waals surface area contributed by atoms with Gasteiger partial charge in [-0.3, -0.25) is 0 Å². The van der Waals surface area contributed by atoms with Gasteiger partial charge in [-0.15, -0.1) is 0 Å². The van der Waals surface area contributed by atoms with Crippen LogP contribution in [0.2, 0.25) is 0 Å². The Balaban J connectivity index is 2.16. The Labute approximate surface area is 115 Å². The quantitative estimate of drug-likeness (QED) is 0.693. The molecule has 19 heavy (non-hydrogen) atoms. The fourth-order valence-corrected chi connectivity index (χ4v) is 2.99. The van der Waals surface area contributed by atoms with Crippen LogP contribution in [0.3, 0.4) is 0 Å². The number of hydrogen-bond donors (Lipinski definition) is 0. The summed E-state index contributed by atoms with van der Waals surface area (Å²) in [6, 6.07) is 17.3. The number of fused-ring (bicyclic) bond motifs is 1. The second-order valence-electron chi connectivity index (χ2n) is 5.19. The predicted molar refractivity (Wildman–Crippen MR) is 82.7 cm³/mol. The molecule has 0 fully saturated rings. The monoisotopic (exact) mass is 247 g/mol. The first kappa shape index (κ1) is 12.2. The van der Waals surface area contributed by atoms with Gasteiger partial charge in [0.1, 0.15) is 0 Å². The minimum atomic E-state index is 1.15. The maximum Gasteiger partial charge on any atom is 0.0214 e. The maximum absolute atomic E-state index is 2.35. The molecule has 0 heteroatoms. The lowest BCUT2D eigenvalue weighted by molar-refractivity contribution is 0.975. The van der Waals surface area contributed by atoms with E-state index in [9.17, 15) is 0 Å². The number of rotatable bonds is 3. The highest BCUT2D eigenvalue weighted by atomic mass is 14.3. The Hall–Kier alpha value is -1.82. The molecule has 0 heterocycles. The summed E-state index contributed by atoms with van der Waals surface area (Å²) in [4.78, 5) is 0. The van der Waals surface area contributed by atoms with Crippen molar-refractivity contribution in [3.8, 4) is 0 Å². The maximum atomic E-state index is 2.35. The standard InChI is InChI=1S/C19H19/c1-3-8-17-18(15-10-5-4-6-11-15)13-16-12-7-9-14(2)19(16)17/h4-7,9-13H,3,8H2,1-2H3. The lowest BCUT2D eigenvalue weighted by Crippen LogP contribution is -1.89. The van der Waals surface area contributed by atoms with Gasteiger partial charge in [0.05, 0.1) is 0 Å². The molecule has 1 aliphatic carbocycles. The van der Waals surface area contributed by atoms with Gasteiger partial charge in [-0.1, -0.05) is 61.9 Å². The molecule has 0 unspecified atom stereocenters. The molecule has 0 amide bonds. The van der Waals surface area contributed by atoms with Crippen LogP contribution in [0.15, 0.2) is 48.5 Å². The van der Waals surface area contributed by atoms with Gasteiger partial charge in [0, 0.05) is 6.42 Å². The molecule has 0 bridgehead atoms. The summed E-state index contributed by atoms with van der Waals surface area (Å²) in [5, 5.41) is 0. The fourth-order valence-electron chi connectivity index (χ4n) is 2.99. The Morgan fingerprint density at radius 2 is 1.68 bits per heavy atom. The molecule has 0 saturated carbocycles. The van der Waals surface area contributed by atoms with Crippen LogP contribution in [0.1, 0.15) is 42.0 Å². The van der Waals surface area contributed by atoms with Crippen LogP contribution in [0.4, 0.5) is 0 Å². The van der Waals surface area contributed by atoms with E-state index in [1.807, 2.05) is 0 Å². The third kappa shape index (κ3) is 2.12. The van der Waals surface area contributed by atoms with Gasteiger partial charge in [-0.05, 0) is 46.7 Å². The minimum Gasteiger partial charge on any atom is -0.0651 e. The van der Waals surface area contributed by atoms with Gasteiger partial charge < -0.3 is 0 Å². The molecule has 1 aliphatic rings. The highest BCUT2D eigenvalue weighted by molar-refractivity contribution is 6.02. The molecule has 0 N–H and O–H groups in total. The minimum absolute atomic E-state index is 1.15. The number of hydrogen-bond acceptors (Lipinski definition) is 0. The lowest BCUT2D eigenvalue weighted by Gasteiger charge is -2.10. The van der Waals surface area contributed by atoms with E-state index in [2.05, 4.69) is 68.8 Å². The predicted octanol–water partition coefficient (Wildman–Crippen LogP) is 5.27. The van der Waals surface area contributed by atoms with E-state index in [1.54, 1.807) is 0 Å². The zero-order valence-corrected chi connectivity index (χ0v) is 11.6. The van der Waals surface area contributed by atoms with Crippen LogP contribution in [-0.2, 0) is 0 Å². The smallest absolute Gasteiger partial charge is 0.0214 e. The third-order valence-electron chi connectivity index (χ3n) is 3.82. The van der Waals surface area contributed by atoms with E-state index in [0.717, 1.165) is 6.42 Å². The summed E-state index contributed by atoms with van der Waals surface area (Å²) >= 11 is 0. The molecule has 0 atom stereocenters. The molecule has 0 saturated heterocycles. The van der Waals surface area contributed by atoms with E-state index in [1.165, 1.54) is 39.8 Å². The van der Waals surface area contributed by atoms with Crippen LogP contribution in [0.5, 0.6) is 0 Å².